The van der Waals surface area contributed by atoms with Crippen LogP contribution in [0.25, 0.3) is 0 Å². The highest BCUT2D eigenvalue weighted by Crippen LogP contribution is 2.22. The van der Waals surface area contributed by atoms with Crippen LogP contribution in [0.1, 0.15) is 33.6 Å². The zero-order chi connectivity index (χ0) is 13.1. The van der Waals surface area contributed by atoms with Crippen molar-refractivity contribution in [3.8, 4) is 11.8 Å². The number of halogens is 3. The molecule has 0 radical (unpaired) electrons. The van der Waals surface area contributed by atoms with Gasteiger partial charge in [-0.2, -0.15) is 13.2 Å². The molecule has 0 N–H and O–H groups in total. The molecule has 0 bridgehead atoms. The van der Waals surface area contributed by atoms with Gasteiger partial charge < -0.3 is 0 Å². The van der Waals surface area contributed by atoms with Crippen molar-refractivity contribution in [1.29, 1.82) is 0 Å². The summed E-state index contributed by atoms with van der Waals surface area (Å²) < 4.78 is 36.5. The predicted octanol–water partition coefficient (Wildman–Crippen LogP) is 3.31. The van der Waals surface area contributed by atoms with Crippen molar-refractivity contribution in [2.24, 2.45) is 11.3 Å². The van der Waals surface area contributed by atoms with Crippen molar-refractivity contribution in [2.75, 3.05) is 19.6 Å². The largest absolute Gasteiger partial charge is 0.401 e. The Balaban J connectivity index is 2.38. The lowest BCUT2D eigenvalue weighted by molar-refractivity contribution is -0.148. The molecule has 0 aromatic heterocycles. The highest BCUT2D eigenvalue weighted by Gasteiger charge is 2.32. The van der Waals surface area contributed by atoms with Gasteiger partial charge in [0, 0.05) is 11.3 Å². The monoisotopic (exact) mass is 247 g/mol. The summed E-state index contributed by atoms with van der Waals surface area (Å²) in [6.45, 7) is 6.34. The lowest BCUT2D eigenvalue weighted by Gasteiger charge is -2.30. The van der Waals surface area contributed by atoms with Crippen LogP contribution in [0.3, 0.4) is 0 Å². The lowest BCUT2D eigenvalue weighted by atomic mass is 9.93. The normalized spacial score (nSPS) is 19.9. The Hall–Kier alpha value is -0.690. The first-order chi connectivity index (χ1) is 7.66. The van der Waals surface area contributed by atoms with Crippen molar-refractivity contribution in [2.45, 2.75) is 39.8 Å². The Kier molecular flexibility index (Phi) is 4.48. The molecule has 0 unspecified atom stereocenters. The van der Waals surface area contributed by atoms with Gasteiger partial charge in [0.25, 0.3) is 0 Å². The van der Waals surface area contributed by atoms with Crippen LogP contribution in [-0.2, 0) is 0 Å². The summed E-state index contributed by atoms with van der Waals surface area (Å²) in [5.74, 6) is 6.61. The van der Waals surface area contributed by atoms with Crippen LogP contribution in [0.4, 0.5) is 13.2 Å². The summed E-state index contributed by atoms with van der Waals surface area (Å²) in [6.07, 6.45) is -2.58. The number of piperidine rings is 1. The fourth-order valence-electron chi connectivity index (χ4n) is 1.81. The van der Waals surface area contributed by atoms with E-state index < -0.39 is 12.7 Å². The van der Waals surface area contributed by atoms with E-state index in [0.717, 1.165) is 12.8 Å². The molecule has 0 amide bonds. The van der Waals surface area contributed by atoms with Gasteiger partial charge in [-0.25, -0.2) is 0 Å². The molecule has 1 fully saturated rings. The number of likely N-dealkylation sites (tertiary alicyclic amines) is 1. The van der Waals surface area contributed by atoms with Crippen LogP contribution in [0.15, 0.2) is 0 Å². The minimum atomic E-state index is -4.08. The highest BCUT2D eigenvalue weighted by atomic mass is 19.4. The van der Waals surface area contributed by atoms with E-state index in [9.17, 15) is 13.2 Å². The Morgan fingerprint density at radius 1 is 1.12 bits per heavy atom. The fourth-order valence-corrected chi connectivity index (χ4v) is 1.81. The molecule has 0 aliphatic carbocycles. The van der Waals surface area contributed by atoms with Gasteiger partial charge in [-0.3, -0.25) is 4.90 Å². The molecule has 1 saturated heterocycles. The second-order valence-electron chi connectivity index (χ2n) is 5.68. The van der Waals surface area contributed by atoms with Crippen molar-refractivity contribution in [1.82, 2.24) is 4.90 Å². The zero-order valence-electron chi connectivity index (χ0n) is 10.7. The predicted molar refractivity (Wildman–Crippen MR) is 62.5 cm³/mol. The molecule has 0 atom stereocenters. The molecule has 0 saturated carbocycles. The Morgan fingerprint density at radius 2 is 1.65 bits per heavy atom. The molecule has 17 heavy (non-hydrogen) atoms. The number of rotatable bonds is 1. The summed E-state index contributed by atoms with van der Waals surface area (Å²) >= 11 is 0. The van der Waals surface area contributed by atoms with Gasteiger partial charge >= 0.3 is 6.18 Å². The van der Waals surface area contributed by atoms with E-state index in [1.54, 1.807) is 0 Å². The topological polar surface area (TPSA) is 3.24 Å². The molecule has 0 aromatic carbocycles. The van der Waals surface area contributed by atoms with Gasteiger partial charge in [-0.15, -0.1) is 0 Å². The van der Waals surface area contributed by atoms with Crippen LogP contribution in [0.5, 0.6) is 0 Å². The lowest BCUT2D eigenvalue weighted by Crippen LogP contribution is -2.39. The first-order valence-electron chi connectivity index (χ1n) is 5.97. The standard InChI is InChI=1S/C13H20F3N/c1-12(2,3)7-4-11-5-8-17(9-6-11)10-13(14,15)16/h11H,5-6,8-10H2,1-3H3. The van der Waals surface area contributed by atoms with Gasteiger partial charge in [0.2, 0.25) is 0 Å². The van der Waals surface area contributed by atoms with E-state index in [-0.39, 0.29) is 11.3 Å². The van der Waals surface area contributed by atoms with Crippen LogP contribution in [0.2, 0.25) is 0 Å². The maximum absolute atomic E-state index is 12.2. The fraction of sp³-hybridized carbons (Fsp3) is 0.846. The van der Waals surface area contributed by atoms with Crippen LogP contribution >= 0.6 is 0 Å². The summed E-state index contributed by atoms with van der Waals surface area (Å²) in [7, 11) is 0. The Bertz CT molecular complexity index is 295. The highest BCUT2D eigenvalue weighted by molar-refractivity contribution is 5.11. The van der Waals surface area contributed by atoms with E-state index in [1.807, 2.05) is 20.8 Å². The second kappa shape index (κ2) is 5.30. The van der Waals surface area contributed by atoms with Gasteiger partial charge in [-0.05, 0) is 46.7 Å². The number of nitrogens with zero attached hydrogens (tertiary/aromatic N) is 1. The van der Waals surface area contributed by atoms with Crippen molar-refractivity contribution >= 4 is 0 Å². The molecular weight excluding hydrogens is 227 g/mol. The maximum Gasteiger partial charge on any atom is 0.401 e. The minimum absolute atomic E-state index is 0.0247. The van der Waals surface area contributed by atoms with E-state index >= 15 is 0 Å². The van der Waals surface area contributed by atoms with E-state index in [4.69, 9.17) is 0 Å². The summed E-state index contributed by atoms with van der Waals surface area (Å²) in [5, 5.41) is 0. The molecule has 1 aliphatic rings. The van der Waals surface area contributed by atoms with Crippen LogP contribution in [-0.4, -0.2) is 30.7 Å². The van der Waals surface area contributed by atoms with E-state index in [0.29, 0.717) is 13.1 Å². The molecule has 1 heterocycles. The molecule has 1 rings (SSSR count). The van der Waals surface area contributed by atoms with Gasteiger partial charge in [0.1, 0.15) is 0 Å². The summed E-state index contributed by atoms with van der Waals surface area (Å²) in [5.41, 5.74) is -0.0247. The van der Waals surface area contributed by atoms with Crippen molar-refractivity contribution < 1.29 is 13.2 Å². The Labute approximate surface area is 101 Å². The molecule has 4 heteroatoms. The van der Waals surface area contributed by atoms with Gasteiger partial charge in [0.05, 0.1) is 6.54 Å². The molecule has 98 valence electrons. The summed E-state index contributed by atoms with van der Waals surface area (Å²) in [4.78, 5) is 1.47. The van der Waals surface area contributed by atoms with Gasteiger partial charge in [-0.1, -0.05) is 11.8 Å². The second-order valence-corrected chi connectivity index (χ2v) is 5.68. The molecule has 1 aliphatic heterocycles. The SMILES string of the molecule is CC(C)(C)C#CC1CCN(CC(F)(F)F)CC1. The Morgan fingerprint density at radius 3 is 2.06 bits per heavy atom. The third-order valence-corrected chi connectivity index (χ3v) is 2.64. The average Bonchev–Trinajstić information content (AvgIpc) is 2.13. The molecule has 1 nitrogen and oxygen atoms in total. The molecule has 0 aromatic rings. The summed E-state index contributed by atoms with van der Waals surface area (Å²) in [6, 6.07) is 0. The van der Waals surface area contributed by atoms with E-state index in [1.165, 1.54) is 4.90 Å². The van der Waals surface area contributed by atoms with Crippen LogP contribution in [0, 0.1) is 23.2 Å². The van der Waals surface area contributed by atoms with Crippen molar-refractivity contribution in [3.63, 3.8) is 0 Å². The molecule has 0 spiro atoms. The average molecular weight is 247 g/mol. The zero-order valence-corrected chi connectivity index (χ0v) is 10.7. The number of hydrogen-bond donors (Lipinski definition) is 0. The third kappa shape index (κ3) is 6.58. The maximum atomic E-state index is 12.2. The molecular formula is C13H20F3N. The van der Waals surface area contributed by atoms with Crippen molar-refractivity contribution in [3.05, 3.63) is 0 Å². The first-order valence-corrected chi connectivity index (χ1v) is 5.97. The van der Waals surface area contributed by atoms with E-state index in [2.05, 4.69) is 11.8 Å². The van der Waals surface area contributed by atoms with Crippen LogP contribution < -0.4 is 0 Å². The number of hydrogen-bond acceptors (Lipinski definition) is 1. The quantitative estimate of drug-likeness (QED) is 0.643. The first kappa shape index (κ1) is 14.4. The number of alkyl halides is 3. The van der Waals surface area contributed by atoms with Gasteiger partial charge in [0.15, 0.2) is 0 Å². The third-order valence-electron chi connectivity index (χ3n) is 2.64. The minimum Gasteiger partial charge on any atom is -0.295 e. The smallest absolute Gasteiger partial charge is 0.295 e.